The molecule has 0 aromatic rings. The first kappa shape index (κ1) is 23.9. The third-order valence-corrected chi connectivity index (χ3v) is 5.53. The number of carbonyl (C=O) groups excluding carboxylic acids is 1. The van der Waals surface area contributed by atoms with E-state index in [1.807, 2.05) is 0 Å². The quantitative estimate of drug-likeness (QED) is 0.476. The van der Waals surface area contributed by atoms with E-state index in [2.05, 4.69) is 41.3 Å². The van der Waals surface area contributed by atoms with E-state index in [1.54, 1.807) is 19.0 Å². The summed E-state index contributed by atoms with van der Waals surface area (Å²) < 4.78 is 11.5. The van der Waals surface area contributed by atoms with Gasteiger partial charge >= 0.3 is 0 Å². The Kier molecular flexibility index (Phi) is 9.65. The number of carbonyl (C=O) groups is 1. The van der Waals surface area contributed by atoms with Crippen LogP contribution in [-0.4, -0.2) is 101 Å². The van der Waals surface area contributed by atoms with Gasteiger partial charge in [0.05, 0.1) is 19.3 Å². The van der Waals surface area contributed by atoms with Crippen LogP contribution < -0.4 is 10.6 Å². The molecular weight excluding hydrogens is 370 g/mol. The van der Waals surface area contributed by atoms with E-state index < -0.39 is 0 Å². The Bertz CT molecular complexity index is 527. The summed E-state index contributed by atoms with van der Waals surface area (Å²) in [7, 11) is 3.51. The molecule has 0 radical (unpaired) electrons. The lowest BCUT2D eigenvalue weighted by Gasteiger charge is -2.40. The van der Waals surface area contributed by atoms with E-state index in [0.29, 0.717) is 11.9 Å². The van der Waals surface area contributed by atoms with E-state index in [-0.39, 0.29) is 24.0 Å². The molecule has 2 aliphatic heterocycles. The molecule has 8 heteroatoms. The minimum atomic E-state index is -0.00662. The molecule has 2 unspecified atom stereocenters. The number of hydrogen-bond acceptors (Lipinski definition) is 5. The zero-order chi connectivity index (χ0) is 21.3. The maximum absolute atomic E-state index is 12.0. The van der Waals surface area contributed by atoms with E-state index >= 15 is 0 Å². The van der Waals surface area contributed by atoms with E-state index in [0.717, 1.165) is 65.4 Å². The Hall–Kier alpha value is -1.38. The van der Waals surface area contributed by atoms with Crippen LogP contribution in [0.25, 0.3) is 0 Å². The van der Waals surface area contributed by atoms with Crippen LogP contribution in [0.1, 0.15) is 33.6 Å². The normalized spacial score (nSPS) is 24.2. The molecule has 168 valence electrons. The minimum Gasteiger partial charge on any atom is -0.379 e. The van der Waals surface area contributed by atoms with Crippen molar-refractivity contribution in [3.63, 3.8) is 0 Å². The summed E-state index contributed by atoms with van der Waals surface area (Å²) in [5.41, 5.74) is 0.106. The largest absolute Gasteiger partial charge is 0.379 e. The average Bonchev–Trinajstić information content (AvgIpc) is 2.69. The molecule has 0 aliphatic carbocycles. The van der Waals surface area contributed by atoms with Crippen molar-refractivity contribution in [3.05, 3.63) is 0 Å². The van der Waals surface area contributed by atoms with Gasteiger partial charge < -0.3 is 25.0 Å². The summed E-state index contributed by atoms with van der Waals surface area (Å²) in [6, 6.07) is 0. The second kappa shape index (κ2) is 11.7. The van der Waals surface area contributed by atoms with E-state index in [1.165, 1.54) is 0 Å². The van der Waals surface area contributed by atoms with Gasteiger partial charge in [-0.3, -0.25) is 9.69 Å². The molecule has 2 N–H and O–H groups in total. The van der Waals surface area contributed by atoms with Gasteiger partial charge in [-0.1, -0.05) is 20.8 Å². The number of rotatable bonds is 7. The van der Waals surface area contributed by atoms with Gasteiger partial charge in [0.2, 0.25) is 5.91 Å². The van der Waals surface area contributed by atoms with Gasteiger partial charge in [-0.25, -0.2) is 4.99 Å². The van der Waals surface area contributed by atoms with Crippen LogP contribution in [0.5, 0.6) is 0 Å². The van der Waals surface area contributed by atoms with Gasteiger partial charge in [0.1, 0.15) is 6.54 Å². The molecule has 29 heavy (non-hydrogen) atoms. The van der Waals surface area contributed by atoms with Gasteiger partial charge in [0, 0.05) is 59.3 Å². The lowest BCUT2D eigenvalue weighted by atomic mass is 9.78. The smallest absolute Gasteiger partial charge is 0.243 e. The molecule has 2 aliphatic rings. The summed E-state index contributed by atoms with van der Waals surface area (Å²) in [6.45, 7) is 13.7. The lowest BCUT2D eigenvalue weighted by Crippen LogP contribution is -2.49. The maximum Gasteiger partial charge on any atom is 0.243 e. The van der Waals surface area contributed by atoms with E-state index in [4.69, 9.17) is 9.47 Å². The number of guanidine groups is 1. The van der Waals surface area contributed by atoms with Crippen LogP contribution in [0.3, 0.4) is 0 Å². The van der Waals surface area contributed by atoms with Gasteiger partial charge in [-0.15, -0.1) is 0 Å². The lowest BCUT2D eigenvalue weighted by molar-refractivity contribution is -0.127. The summed E-state index contributed by atoms with van der Waals surface area (Å²) >= 11 is 0. The molecule has 0 saturated carbocycles. The Morgan fingerprint density at radius 1 is 1.17 bits per heavy atom. The molecule has 0 bridgehead atoms. The van der Waals surface area contributed by atoms with Crippen molar-refractivity contribution in [2.75, 3.05) is 73.2 Å². The first-order chi connectivity index (χ1) is 13.8. The molecule has 0 aromatic heterocycles. The van der Waals surface area contributed by atoms with Crippen LogP contribution in [0.4, 0.5) is 0 Å². The molecule has 0 aromatic carbocycles. The second-order valence-electron chi connectivity index (χ2n) is 9.27. The predicted molar refractivity (Wildman–Crippen MR) is 116 cm³/mol. The van der Waals surface area contributed by atoms with Crippen molar-refractivity contribution in [1.82, 2.24) is 20.4 Å². The number of likely N-dealkylation sites (N-methyl/N-ethyl adjacent to an activating group) is 1. The highest BCUT2D eigenvalue weighted by molar-refractivity contribution is 5.84. The Morgan fingerprint density at radius 2 is 1.90 bits per heavy atom. The molecule has 2 rings (SSSR count). The summed E-state index contributed by atoms with van der Waals surface area (Å²) in [5.74, 6) is 1.12. The van der Waals surface area contributed by atoms with Crippen LogP contribution in [0.15, 0.2) is 4.99 Å². The Morgan fingerprint density at radius 3 is 2.55 bits per heavy atom. The van der Waals surface area contributed by atoms with Crippen LogP contribution in [0.2, 0.25) is 0 Å². The van der Waals surface area contributed by atoms with Crippen molar-refractivity contribution < 1.29 is 14.3 Å². The van der Waals surface area contributed by atoms with Crippen molar-refractivity contribution in [2.24, 2.45) is 16.3 Å². The summed E-state index contributed by atoms with van der Waals surface area (Å²) in [4.78, 5) is 20.4. The van der Waals surface area contributed by atoms with Crippen LogP contribution >= 0.6 is 0 Å². The minimum absolute atomic E-state index is 0.00662. The number of ether oxygens (including phenoxy) is 2. The first-order valence-corrected chi connectivity index (χ1v) is 10.9. The molecule has 1 amide bonds. The number of nitrogens with zero attached hydrogens (tertiary/aromatic N) is 3. The van der Waals surface area contributed by atoms with Crippen molar-refractivity contribution in [1.29, 1.82) is 0 Å². The molecule has 2 heterocycles. The molecule has 2 atom stereocenters. The predicted octanol–water partition coefficient (Wildman–Crippen LogP) is 0.783. The molecule has 2 fully saturated rings. The molecule has 0 spiro atoms. The highest BCUT2D eigenvalue weighted by atomic mass is 16.5. The van der Waals surface area contributed by atoms with Crippen molar-refractivity contribution >= 4 is 11.9 Å². The Labute approximate surface area is 176 Å². The van der Waals surface area contributed by atoms with Crippen LogP contribution in [-0.2, 0) is 14.3 Å². The van der Waals surface area contributed by atoms with Gasteiger partial charge in [0.15, 0.2) is 5.96 Å². The van der Waals surface area contributed by atoms with Crippen molar-refractivity contribution in [2.45, 2.75) is 39.7 Å². The average molecular weight is 412 g/mol. The number of amides is 1. The third kappa shape index (κ3) is 8.48. The fourth-order valence-electron chi connectivity index (χ4n) is 3.86. The third-order valence-electron chi connectivity index (χ3n) is 5.53. The second-order valence-corrected chi connectivity index (χ2v) is 9.27. The van der Waals surface area contributed by atoms with Gasteiger partial charge in [-0.2, -0.15) is 0 Å². The summed E-state index contributed by atoms with van der Waals surface area (Å²) in [5, 5.41) is 6.87. The topological polar surface area (TPSA) is 78.4 Å². The monoisotopic (exact) mass is 411 g/mol. The molecular formula is C21H41N5O3. The van der Waals surface area contributed by atoms with Crippen molar-refractivity contribution in [3.8, 4) is 0 Å². The summed E-state index contributed by atoms with van der Waals surface area (Å²) in [6.07, 6.45) is 2.46. The number of nitrogens with one attached hydrogen (secondary N) is 2. The van der Waals surface area contributed by atoms with E-state index in [9.17, 15) is 4.79 Å². The van der Waals surface area contributed by atoms with Gasteiger partial charge in [0.25, 0.3) is 0 Å². The zero-order valence-corrected chi connectivity index (χ0v) is 19.0. The van der Waals surface area contributed by atoms with Gasteiger partial charge in [-0.05, 0) is 18.3 Å². The number of hydrogen-bond donors (Lipinski definition) is 2. The fourth-order valence-corrected chi connectivity index (χ4v) is 3.86. The standard InChI is InChI=1S/C21H41N5O3/c1-21(2,3)19-17(7-6-12-29-19)15-23-20(24-16-18(27)25(4)5)22-8-9-26-10-13-28-14-11-26/h17,19H,6-16H2,1-5H3,(H2,22,23,24). The molecule has 2 saturated heterocycles. The zero-order valence-electron chi connectivity index (χ0n) is 19.0. The fraction of sp³-hybridized carbons (Fsp3) is 0.905. The first-order valence-electron chi connectivity index (χ1n) is 10.9. The molecule has 8 nitrogen and oxygen atoms in total. The Balaban J connectivity index is 1.90. The highest BCUT2D eigenvalue weighted by Crippen LogP contribution is 2.33. The number of morpholine rings is 1. The maximum atomic E-state index is 12.0. The highest BCUT2D eigenvalue weighted by Gasteiger charge is 2.35. The van der Waals surface area contributed by atoms with Crippen LogP contribution in [0, 0.1) is 11.3 Å². The number of aliphatic imine (C=N–C) groups is 1. The SMILES string of the molecule is CN(C)C(=O)CN=C(NCCN1CCOCC1)NCC1CCCOC1C(C)(C)C.